The van der Waals surface area contributed by atoms with Crippen molar-refractivity contribution in [3.05, 3.63) is 35.1 Å². The van der Waals surface area contributed by atoms with Crippen molar-refractivity contribution < 1.29 is 9.50 Å². The highest BCUT2D eigenvalue weighted by atomic mass is 19.1. The lowest BCUT2D eigenvalue weighted by atomic mass is 10.1. The van der Waals surface area contributed by atoms with E-state index in [2.05, 4.69) is 17.1 Å². The second-order valence-electron chi connectivity index (χ2n) is 6.41. The maximum Gasteiger partial charge on any atom is 0.126 e. The van der Waals surface area contributed by atoms with Gasteiger partial charge in [-0.15, -0.1) is 0 Å². The highest BCUT2D eigenvalue weighted by molar-refractivity contribution is 5.25. The number of benzene rings is 1. The van der Waals surface area contributed by atoms with Crippen LogP contribution in [-0.4, -0.2) is 42.3 Å². The smallest absolute Gasteiger partial charge is 0.126 e. The summed E-state index contributed by atoms with van der Waals surface area (Å²) in [7, 11) is 0. The van der Waals surface area contributed by atoms with Gasteiger partial charge in [0.15, 0.2) is 0 Å². The van der Waals surface area contributed by atoms with Crippen molar-refractivity contribution in [2.24, 2.45) is 0 Å². The average Bonchev–Trinajstić information content (AvgIpc) is 2.97. The number of aliphatic hydroxyl groups is 1. The van der Waals surface area contributed by atoms with Gasteiger partial charge in [0, 0.05) is 12.1 Å². The average molecular weight is 308 g/mol. The molecule has 2 rings (SSSR count). The lowest BCUT2D eigenvalue weighted by Gasteiger charge is -2.22. The number of hydrogen-bond donors (Lipinski definition) is 2. The van der Waals surface area contributed by atoms with Crippen LogP contribution in [0.4, 0.5) is 4.39 Å². The standard InChI is InChI=1S/C18H29FN2O/c1-14-7-8-16(12-18(14)19)15(2)20-9-3-4-10-21-11-5-6-17(21)13-22/h7-8,12,15,17,20,22H,3-6,9-11,13H2,1-2H3. The quantitative estimate of drug-likeness (QED) is 0.725. The van der Waals surface area contributed by atoms with Crippen molar-refractivity contribution in [3.63, 3.8) is 0 Å². The van der Waals surface area contributed by atoms with E-state index in [0.717, 1.165) is 44.5 Å². The van der Waals surface area contributed by atoms with Crippen LogP contribution in [0, 0.1) is 12.7 Å². The molecule has 0 aliphatic carbocycles. The topological polar surface area (TPSA) is 35.5 Å². The molecule has 2 atom stereocenters. The Hall–Kier alpha value is -0.970. The molecule has 1 heterocycles. The van der Waals surface area contributed by atoms with Crippen molar-refractivity contribution in [1.82, 2.24) is 10.2 Å². The number of rotatable bonds is 8. The van der Waals surface area contributed by atoms with Crippen LogP contribution in [0.25, 0.3) is 0 Å². The normalized spacial score (nSPS) is 20.5. The van der Waals surface area contributed by atoms with Gasteiger partial charge in [-0.3, -0.25) is 4.90 Å². The molecule has 0 bridgehead atoms. The first-order valence-electron chi connectivity index (χ1n) is 8.46. The molecule has 1 aromatic carbocycles. The number of halogens is 1. The number of hydrogen-bond acceptors (Lipinski definition) is 3. The number of nitrogens with one attached hydrogen (secondary N) is 1. The molecule has 2 N–H and O–H groups in total. The zero-order valence-corrected chi connectivity index (χ0v) is 13.8. The Bertz CT molecular complexity index is 466. The summed E-state index contributed by atoms with van der Waals surface area (Å²) in [6.07, 6.45) is 4.58. The number of aryl methyl sites for hydroxylation is 1. The Morgan fingerprint density at radius 1 is 1.41 bits per heavy atom. The van der Waals surface area contributed by atoms with E-state index in [-0.39, 0.29) is 18.5 Å². The van der Waals surface area contributed by atoms with Gasteiger partial charge in [0.25, 0.3) is 0 Å². The fourth-order valence-corrected chi connectivity index (χ4v) is 3.15. The lowest BCUT2D eigenvalue weighted by molar-refractivity contribution is 0.157. The lowest BCUT2D eigenvalue weighted by Crippen LogP contribution is -2.33. The van der Waals surface area contributed by atoms with Gasteiger partial charge < -0.3 is 10.4 Å². The summed E-state index contributed by atoms with van der Waals surface area (Å²) >= 11 is 0. The number of unbranched alkanes of at least 4 members (excludes halogenated alkanes) is 1. The second-order valence-corrected chi connectivity index (χ2v) is 6.41. The third-order valence-corrected chi connectivity index (χ3v) is 4.73. The van der Waals surface area contributed by atoms with Crippen LogP contribution in [0.15, 0.2) is 18.2 Å². The minimum absolute atomic E-state index is 0.129. The molecule has 0 saturated carbocycles. The van der Waals surface area contributed by atoms with Gasteiger partial charge in [0.05, 0.1) is 6.61 Å². The highest BCUT2D eigenvalue weighted by Crippen LogP contribution is 2.18. The summed E-state index contributed by atoms with van der Waals surface area (Å²) in [6.45, 7) is 7.28. The molecule has 1 aromatic rings. The zero-order valence-electron chi connectivity index (χ0n) is 13.8. The van der Waals surface area contributed by atoms with Crippen molar-refractivity contribution >= 4 is 0 Å². The van der Waals surface area contributed by atoms with E-state index in [9.17, 15) is 9.50 Å². The summed E-state index contributed by atoms with van der Waals surface area (Å²) in [5.74, 6) is -0.129. The molecule has 0 spiro atoms. The van der Waals surface area contributed by atoms with Gasteiger partial charge in [-0.2, -0.15) is 0 Å². The van der Waals surface area contributed by atoms with E-state index in [1.54, 1.807) is 13.0 Å². The van der Waals surface area contributed by atoms with E-state index in [0.29, 0.717) is 11.6 Å². The minimum atomic E-state index is -0.129. The van der Waals surface area contributed by atoms with Gasteiger partial charge in [0.2, 0.25) is 0 Å². The van der Waals surface area contributed by atoms with E-state index in [4.69, 9.17) is 0 Å². The monoisotopic (exact) mass is 308 g/mol. The third kappa shape index (κ3) is 4.77. The van der Waals surface area contributed by atoms with Gasteiger partial charge >= 0.3 is 0 Å². The molecule has 3 nitrogen and oxygen atoms in total. The van der Waals surface area contributed by atoms with Crippen LogP contribution in [0.2, 0.25) is 0 Å². The molecule has 2 unspecified atom stereocenters. The van der Waals surface area contributed by atoms with Crippen molar-refractivity contribution in [2.45, 2.75) is 51.6 Å². The summed E-state index contributed by atoms with van der Waals surface area (Å²) in [6, 6.07) is 6.01. The fourth-order valence-electron chi connectivity index (χ4n) is 3.15. The van der Waals surface area contributed by atoms with Crippen molar-refractivity contribution in [2.75, 3.05) is 26.2 Å². The van der Waals surface area contributed by atoms with Gasteiger partial charge in [0.1, 0.15) is 5.82 Å². The van der Waals surface area contributed by atoms with Crippen LogP contribution in [0.3, 0.4) is 0 Å². The van der Waals surface area contributed by atoms with E-state index in [1.165, 1.54) is 6.42 Å². The molecule has 1 saturated heterocycles. The summed E-state index contributed by atoms with van der Waals surface area (Å²) in [5, 5.41) is 12.8. The van der Waals surface area contributed by atoms with Crippen molar-refractivity contribution in [3.8, 4) is 0 Å². The molecule has 0 radical (unpaired) electrons. The summed E-state index contributed by atoms with van der Waals surface area (Å²) < 4.78 is 13.6. The maximum absolute atomic E-state index is 13.6. The largest absolute Gasteiger partial charge is 0.395 e. The number of aliphatic hydroxyl groups excluding tert-OH is 1. The molecular weight excluding hydrogens is 279 g/mol. The van der Waals surface area contributed by atoms with Gasteiger partial charge in [-0.05, 0) is 76.4 Å². The Labute approximate surface area is 133 Å². The van der Waals surface area contributed by atoms with Gasteiger partial charge in [-0.1, -0.05) is 12.1 Å². The minimum Gasteiger partial charge on any atom is -0.395 e. The van der Waals surface area contributed by atoms with E-state index in [1.807, 2.05) is 12.1 Å². The van der Waals surface area contributed by atoms with Gasteiger partial charge in [-0.25, -0.2) is 4.39 Å². The molecule has 0 aromatic heterocycles. The molecule has 1 aliphatic rings. The van der Waals surface area contributed by atoms with E-state index < -0.39 is 0 Å². The molecular formula is C18H29FN2O. The predicted molar refractivity (Wildman–Crippen MR) is 88.5 cm³/mol. The zero-order chi connectivity index (χ0) is 15.9. The molecule has 1 aliphatic heterocycles. The van der Waals surface area contributed by atoms with Crippen LogP contribution < -0.4 is 5.32 Å². The summed E-state index contributed by atoms with van der Waals surface area (Å²) in [4.78, 5) is 2.40. The number of nitrogens with zero attached hydrogens (tertiary/aromatic N) is 1. The Morgan fingerprint density at radius 2 is 2.23 bits per heavy atom. The third-order valence-electron chi connectivity index (χ3n) is 4.73. The fraction of sp³-hybridized carbons (Fsp3) is 0.667. The predicted octanol–water partition coefficient (Wildman–Crippen LogP) is 3.02. The van der Waals surface area contributed by atoms with Crippen LogP contribution in [-0.2, 0) is 0 Å². The maximum atomic E-state index is 13.6. The Balaban J connectivity index is 1.64. The summed E-state index contributed by atoms with van der Waals surface area (Å²) in [5.41, 5.74) is 1.70. The molecule has 4 heteroatoms. The first-order chi connectivity index (χ1) is 10.6. The van der Waals surface area contributed by atoms with E-state index >= 15 is 0 Å². The van der Waals surface area contributed by atoms with Crippen LogP contribution in [0.5, 0.6) is 0 Å². The Kier molecular flexibility index (Phi) is 6.80. The second kappa shape index (κ2) is 8.61. The SMILES string of the molecule is Cc1ccc(C(C)NCCCCN2CCCC2CO)cc1F. The Morgan fingerprint density at radius 3 is 2.95 bits per heavy atom. The first kappa shape index (κ1) is 17.4. The first-order valence-corrected chi connectivity index (χ1v) is 8.46. The highest BCUT2D eigenvalue weighted by Gasteiger charge is 2.22. The number of likely N-dealkylation sites (tertiary alicyclic amines) is 1. The molecule has 1 fully saturated rings. The molecule has 124 valence electrons. The molecule has 0 amide bonds. The molecule has 22 heavy (non-hydrogen) atoms. The van der Waals surface area contributed by atoms with Crippen LogP contribution >= 0.6 is 0 Å². The van der Waals surface area contributed by atoms with Crippen LogP contribution in [0.1, 0.15) is 49.8 Å². The van der Waals surface area contributed by atoms with Crippen molar-refractivity contribution in [1.29, 1.82) is 0 Å².